The van der Waals surface area contributed by atoms with Crippen LogP contribution in [0.2, 0.25) is 0 Å². The lowest BCUT2D eigenvalue weighted by Crippen LogP contribution is -2.31. The molecular weight excluding hydrogens is 330 g/mol. The molecule has 0 spiro atoms. The quantitative estimate of drug-likeness (QED) is 0.715. The summed E-state index contributed by atoms with van der Waals surface area (Å²) < 4.78 is 1.87. The molecule has 0 unspecified atom stereocenters. The van der Waals surface area contributed by atoms with Crippen LogP contribution in [0.4, 0.5) is 5.69 Å². The van der Waals surface area contributed by atoms with Crippen LogP contribution in [0, 0.1) is 0 Å². The van der Waals surface area contributed by atoms with E-state index in [4.69, 9.17) is 0 Å². The van der Waals surface area contributed by atoms with Crippen molar-refractivity contribution in [2.24, 2.45) is 0 Å². The lowest BCUT2D eigenvalue weighted by Gasteiger charge is -2.22. The normalized spacial score (nSPS) is 14.0. The maximum Gasteiger partial charge on any atom is 0.258 e. The number of hydrogen-bond donors (Lipinski definition) is 0. The maximum absolute atomic E-state index is 13.0. The molecule has 2 aromatic carbocycles. The third-order valence-electron chi connectivity index (χ3n) is 4.29. The second-order valence-electron chi connectivity index (χ2n) is 6.03. The third kappa shape index (κ3) is 3.46. The highest BCUT2D eigenvalue weighted by Crippen LogP contribution is 2.34. The second kappa shape index (κ2) is 7.15. The summed E-state index contributed by atoms with van der Waals surface area (Å²) in [5.74, 6) is 1.12. The molecule has 25 heavy (non-hydrogen) atoms. The van der Waals surface area contributed by atoms with E-state index in [2.05, 4.69) is 11.2 Å². The SMILES string of the molecule is O=C(c1ccc(Cn2cccn2)cc1)N1CCCSc2ccccc21. The van der Waals surface area contributed by atoms with Gasteiger partial charge in [-0.25, -0.2) is 0 Å². The summed E-state index contributed by atoms with van der Waals surface area (Å²) in [4.78, 5) is 16.1. The van der Waals surface area contributed by atoms with Gasteiger partial charge in [0.2, 0.25) is 0 Å². The number of amides is 1. The van der Waals surface area contributed by atoms with Crippen LogP contribution in [0.25, 0.3) is 0 Å². The van der Waals surface area contributed by atoms with E-state index in [1.807, 2.05) is 76.1 Å². The summed E-state index contributed by atoms with van der Waals surface area (Å²) >= 11 is 1.83. The van der Waals surface area contributed by atoms with Gasteiger partial charge in [-0.3, -0.25) is 9.48 Å². The molecule has 1 aliphatic heterocycles. The monoisotopic (exact) mass is 349 g/mol. The van der Waals surface area contributed by atoms with E-state index in [0.29, 0.717) is 6.54 Å². The van der Waals surface area contributed by atoms with Crippen molar-refractivity contribution in [2.45, 2.75) is 17.9 Å². The van der Waals surface area contributed by atoms with E-state index in [9.17, 15) is 4.79 Å². The van der Waals surface area contributed by atoms with E-state index in [-0.39, 0.29) is 5.91 Å². The Morgan fingerprint density at radius 1 is 1.08 bits per heavy atom. The first-order valence-electron chi connectivity index (χ1n) is 8.41. The molecule has 0 radical (unpaired) electrons. The fraction of sp³-hybridized carbons (Fsp3) is 0.200. The molecule has 0 saturated heterocycles. The van der Waals surface area contributed by atoms with Gasteiger partial charge in [-0.1, -0.05) is 24.3 Å². The molecule has 1 aliphatic rings. The largest absolute Gasteiger partial charge is 0.307 e. The Hall–Kier alpha value is -2.53. The molecule has 4 nitrogen and oxygen atoms in total. The molecule has 0 saturated carbocycles. The van der Waals surface area contributed by atoms with E-state index in [0.717, 1.165) is 35.5 Å². The van der Waals surface area contributed by atoms with Crippen molar-refractivity contribution in [3.05, 3.63) is 78.1 Å². The van der Waals surface area contributed by atoms with Gasteiger partial charge < -0.3 is 4.90 Å². The number of thioether (sulfide) groups is 1. The number of carbonyl (C=O) groups excluding carboxylic acids is 1. The Kier molecular flexibility index (Phi) is 4.57. The first-order valence-corrected chi connectivity index (χ1v) is 9.40. The zero-order valence-electron chi connectivity index (χ0n) is 13.8. The Balaban J connectivity index is 1.56. The van der Waals surface area contributed by atoms with Crippen LogP contribution in [-0.2, 0) is 6.54 Å². The minimum atomic E-state index is 0.0700. The van der Waals surface area contributed by atoms with E-state index in [1.165, 1.54) is 4.90 Å². The summed E-state index contributed by atoms with van der Waals surface area (Å²) in [5.41, 5.74) is 2.88. The number of para-hydroxylation sites is 1. The van der Waals surface area contributed by atoms with Crippen LogP contribution in [-0.4, -0.2) is 28.0 Å². The summed E-state index contributed by atoms with van der Waals surface area (Å²) in [6.45, 7) is 1.47. The van der Waals surface area contributed by atoms with Gasteiger partial charge in [-0.2, -0.15) is 5.10 Å². The zero-order valence-corrected chi connectivity index (χ0v) is 14.7. The number of carbonyl (C=O) groups is 1. The molecule has 0 fully saturated rings. The number of anilines is 1. The molecule has 5 heteroatoms. The van der Waals surface area contributed by atoms with Crippen molar-refractivity contribution in [1.82, 2.24) is 9.78 Å². The van der Waals surface area contributed by atoms with Gasteiger partial charge in [0.1, 0.15) is 0 Å². The number of benzene rings is 2. The number of nitrogens with zero attached hydrogens (tertiary/aromatic N) is 3. The van der Waals surface area contributed by atoms with Crippen molar-refractivity contribution >= 4 is 23.4 Å². The van der Waals surface area contributed by atoms with Crippen molar-refractivity contribution in [1.29, 1.82) is 0 Å². The molecule has 0 bridgehead atoms. The van der Waals surface area contributed by atoms with Gasteiger partial charge in [0, 0.05) is 29.4 Å². The smallest absolute Gasteiger partial charge is 0.258 e. The van der Waals surface area contributed by atoms with E-state index < -0.39 is 0 Å². The van der Waals surface area contributed by atoms with E-state index >= 15 is 0 Å². The van der Waals surface area contributed by atoms with Crippen LogP contribution < -0.4 is 4.90 Å². The summed E-state index contributed by atoms with van der Waals surface area (Å²) in [6.07, 6.45) is 4.71. The summed E-state index contributed by atoms with van der Waals surface area (Å²) in [6, 6.07) is 17.9. The van der Waals surface area contributed by atoms with Crippen molar-refractivity contribution in [3.8, 4) is 0 Å². The van der Waals surface area contributed by atoms with Gasteiger partial charge >= 0.3 is 0 Å². The molecule has 126 valence electrons. The lowest BCUT2D eigenvalue weighted by atomic mass is 10.1. The minimum Gasteiger partial charge on any atom is -0.307 e. The van der Waals surface area contributed by atoms with Crippen molar-refractivity contribution in [2.75, 3.05) is 17.2 Å². The minimum absolute atomic E-state index is 0.0700. The molecular formula is C20H19N3OS. The van der Waals surface area contributed by atoms with Crippen LogP contribution in [0.3, 0.4) is 0 Å². The van der Waals surface area contributed by atoms with E-state index in [1.54, 1.807) is 6.20 Å². The van der Waals surface area contributed by atoms with Gasteiger partial charge in [0.25, 0.3) is 5.91 Å². The predicted molar refractivity (Wildman–Crippen MR) is 101 cm³/mol. The topological polar surface area (TPSA) is 38.1 Å². The van der Waals surface area contributed by atoms with Crippen LogP contribution in [0.15, 0.2) is 71.9 Å². The highest BCUT2D eigenvalue weighted by Gasteiger charge is 2.22. The second-order valence-corrected chi connectivity index (χ2v) is 7.16. The number of fused-ring (bicyclic) bond motifs is 1. The highest BCUT2D eigenvalue weighted by molar-refractivity contribution is 7.99. The van der Waals surface area contributed by atoms with Crippen LogP contribution in [0.1, 0.15) is 22.3 Å². The predicted octanol–water partition coefficient (Wildman–Crippen LogP) is 4.07. The maximum atomic E-state index is 13.0. The number of aromatic nitrogens is 2. The van der Waals surface area contributed by atoms with Gasteiger partial charge in [0.05, 0.1) is 12.2 Å². The fourth-order valence-electron chi connectivity index (χ4n) is 3.03. The molecule has 1 aromatic heterocycles. The lowest BCUT2D eigenvalue weighted by molar-refractivity contribution is 0.0986. The Morgan fingerprint density at radius 3 is 2.72 bits per heavy atom. The molecule has 2 heterocycles. The van der Waals surface area contributed by atoms with Gasteiger partial charge in [0.15, 0.2) is 0 Å². The van der Waals surface area contributed by atoms with Crippen molar-refractivity contribution < 1.29 is 4.79 Å². The van der Waals surface area contributed by atoms with Crippen LogP contribution >= 0.6 is 11.8 Å². The molecule has 0 aliphatic carbocycles. The zero-order chi connectivity index (χ0) is 17.1. The molecule has 0 atom stereocenters. The number of hydrogen-bond acceptors (Lipinski definition) is 3. The Labute approximate surface area is 151 Å². The summed E-state index contributed by atoms with van der Waals surface area (Å²) in [7, 11) is 0. The Morgan fingerprint density at radius 2 is 1.92 bits per heavy atom. The molecule has 4 rings (SSSR count). The van der Waals surface area contributed by atoms with Crippen molar-refractivity contribution in [3.63, 3.8) is 0 Å². The van der Waals surface area contributed by atoms with Gasteiger partial charge in [-0.15, -0.1) is 11.8 Å². The average molecular weight is 349 g/mol. The number of rotatable bonds is 3. The third-order valence-corrected chi connectivity index (χ3v) is 5.44. The molecule has 0 N–H and O–H groups in total. The highest BCUT2D eigenvalue weighted by atomic mass is 32.2. The molecule has 1 amide bonds. The Bertz CT molecular complexity index is 859. The first-order chi connectivity index (χ1) is 12.3. The van der Waals surface area contributed by atoms with Gasteiger partial charge in [-0.05, 0) is 48.1 Å². The average Bonchev–Trinajstić information content (AvgIpc) is 3.06. The standard InChI is InChI=1S/C20H19N3OS/c24-20(23-13-4-14-25-19-6-2-1-5-18(19)23)17-9-7-16(8-10-17)15-22-12-3-11-21-22/h1-3,5-12H,4,13-15H2. The molecule has 3 aromatic rings. The fourth-order valence-corrected chi connectivity index (χ4v) is 4.02. The summed E-state index contributed by atoms with van der Waals surface area (Å²) in [5, 5.41) is 4.22. The van der Waals surface area contributed by atoms with Crippen LogP contribution in [0.5, 0.6) is 0 Å². The first kappa shape index (κ1) is 16.0.